The van der Waals surface area contributed by atoms with Crippen molar-refractivity contribution in [2.75, 3.05) is 26.7 Å². The van der Waals surface area contributed by atoms with Crippen LogP contribution in [-0.4, -0.2) is 43.3 Å². The number of carbonyl (C=O) groups excluding carboxylic acids is 2. The SMILES string of the molecule is CCc1ccc(C(=O)CCC(=O)N2CCNCC2c2ccccc2OC)cc1.Cl. The van der Waals surface area contributed by atoms with Gasteiger partial charge in [0, 0.05) is 43.6 Å². The summed E-state index contributed by atoms with van der Waals surface area (Å²) in [5, 5.41) is 3.35. The summed E-state index contributed by atoms with van der Waals surface area (Å²) in [6, 6.07) is 15.4. The Morgan fingerprint density at radius 1 is 1.10 bits per heavy atom. The van der Waals surface area contributed by atoms with Crippen LogP contribution in [0.15, 0.2) is 48.5 Å². The van der Waals surface area contributed by atoms with Crippen molar-refractivity contribution in [1.29, 1.82) is 0 Å². The van der Waals surface area contributed by atoms with Crippen LogP contribution in [0.3, 0.4) is 0 Å². The first kappa shape index (κ1) is 22.9. The fourth-order valence-electron chi connectivity index (χ4n) is 3.66. The van der Waals surface area contributed by atoms with Crippen LogP contribution in [0.25, 0.3) is 0 Å². The molecular weight excluding hydrogens is 388 g/mol. The van der Waals surface area contributed by atoms with Gasteiger partial charge in [-0.05, 0) is 18.1 Å². The molecular formula is C23H29ClN2O3. The minimum Gasteiger partial charge on any atom is -0.496 e. The van der Waals surface area contributed by atoms with E-state index in [0.29, 0.717) is 18.7 Å². The monoisotopic (exact) mass is 416 g/mol. The van der Waals surface area contributed by atoms with E-state index in [-0.39, 0.29) is 43.0 Å². The normalized spacial score (nSPS) is 16.1. The molecule has 1 N–H and O–H groups in total. The molecule has 6 heteroatoms. The Kier molecular flexibility index (Phi) is 8.68. The van der Waals surface area contributed by atoms with Crippen molar-refractivity contribution in [2.45, 2.75) is 32.2 Å². The first-order valence-electron chi connectivity index (χ1n) is 9.89. The van der Waals surface area contributed by atoms with Crippen LogP contribution in [0.4, 0.5) is 0 Å². The molecule has 0 bridgehead atoms. The van der Waals surface area contributed by atoms with Gasteiger partial charge in [-0.15, -0.1) is 12.4 Å². The lowest BCUT2D eigenvalue weighted by molar-refractivity contribution is -0.134. The summed E-state index contributed by atoms with van der Waals surface area (Å²) in [4.78, 5) is 27.3. The molecule has 1 unspecified atom stereocenters. The molecule has 1 heterocycles. The summed E-state index contributed by atoms with van der Waals surface area (Å²) >= 11 is 0. The number of aryl methyl sites for hydroxylation is 1. The lowest BCUT2D eigenvalue weighted by Crippen LogP contribution is -2.48. The maximum Gasteiger partial charge on any atom is 0.223 e. The largest absolute Gasteiger partial charge is 0.496 e. The molecule has 0 aromatic heterocycles. The van der Waals surface area contributed by atoms with E-state index in [4.69, 9.17) is 4.74 Å². The Labute approximate surface area is 178 Å². The van der Waals surface area contributed by atoms with Crippen LogP contribution in [0, 0.1) is 0 Å². The van der Waals surface area contributed by atoms with Crippen LogP contribution in [0.5, 0.6) is 5.75 Å². The Bertz CT molecular complexity index is 823. The Morgan fingerprint density at radius 2 is 1.83 bits per heavy atom. The smallest absolute Gasteiger partial charge is 0.223 e. The molecule has 1 aliphatic heterocycles. The molecule has 1 fully saturated rings. The average molecular weight is 417 g/mol. The fraction of sp³-hybridized carbons (Fsp3) is 0.391. The van der Waals surface area contributed by atoms with E-state index in [9.17, 15) is 9.59 Å². The van der Waals surface area contributed by atoms with E-state index < -0.39 is 0 Å². The van der Waals surface area contributed by atoms with E-state index >= 15 is 0 Å². The number of halogens is 1. The number of hydrogen-bond acceptors (Lipinski definition) is 4. The molecule has 5 nitrogen and oxygen atoms in total. The van der Waals surface area contributed by atoms with E-state index in [1.807, 2.05) is 53.4 Å². The number of nitrogens with zero attached hydrogens (tertiary/aromatic N) is 1. The molecule has 0 spiro atoms. The van der Waals surface area contributed by atoms with Crippen molar-refractivity contribution in [2.24, 2.45) is 0 Å². The minimum absolute atomic E-state index is 0. The summed E-state index contributed by atoms with van der Waals surface area (Å²) in [6.07, 6.45) is 1.40. The van der Waals surface area contributed by atoms with Crippen molar-refractivity contribution in [3.8, 4) is 5.75 Å². The highest BCUT2D eigenvalue weighted by atomic mass is 35.5. The predicted molar refractivity (Wildman–Crippen MR) is 117 cm³/mol. The van der Waals surface area contributed by atoms with E-state index in [0.717, 1.165) is 24.3 Å². The number of para-hydroxylation sites is 1. The molecule has 0 radical (unpaired) electrons. The van der Waals surface area contributed by atoms with Gasteiger partial charge in [0.1, 0.15) is 5.75 Å². The average Bonchev–Trinajstić information content (AvgIpc) is 2.77. The number of rotatable bonds is 7. The van der Waals surface area contributed by atoms with Crippen molar-refractivity contribution in [3.05, 3.63) is 65.2 Å². The Balaban J connectivity index is 0.00000300. The number of hydrogen-bond donors (Lipinski definition) is 1. The lowest BCUT2D eigenvalue weighted by Gasteiger charge is -2.37. The molecule has 0 saturated carbocycles. The minimum atomic E-state index is -0.0867. The summed E-state index contributed by atoms with van der Waals surface area (Å²) in [5.74, 6) is 0.803. The number of amides is 1. The van der Waals surface area contributed by atoms with E-state index in [2.05, 4.69) is 12.2 Å². The van der Waals surface area contributed by atoms with Gasteiger partial charge < -0.3 is 15.0 Å². The zero-order chi connectivity index (χ0) is 19.9. The van der Waals surface area contributed by atoms with Gasteiger partial charge in [0.05, 0.1) is 13.2 Å². The number of benzene rings is 2. The zero-order valence-corrected chi connectivity index (χ0v) is 17.8. The second-order valence-electron chi connectivity index (χ2n) is 7.02. The van der Waals surface area contributed by atoms with Gasteiger partial charge in [-0.1, -0.05) is 49.4 Å². The van der Waals surface area contributed by atoms with Crippen molar-refractivity contribution >= 4 is 24.1 Å². The standard InChI is InChI=1S/C23H28N2O3.ClH/c1-3-17-8-10-18(11-9-17)21(26)12-13-23(27)25-15-14-24-16-20(25)19-6-4-5-7-22(19)28-2;/h4-11,20,24H,3,12-16H2,1-2H3;1H. The topological polar surface area (TPSA) is 58.6 Å². The molecule has 1 amide bonds. The zero-order valence-electron chi connectivity index (χ0n) is 17.0. The van der Waals surface area contributed by atoms with Gasteiger partial charge in [0.2, 0.25) is 5.91 Å². The highest BCUT2D eigenvalue weighted by Crippen LogP contribution is 2.30. The van der Waals surface area contributed by atoms with Crippen LogP contribution in [0.2, 0.25) is 0 Å². The molecule has 156 valence electrons. The third-order valence-electron chi connectivity index (χ3n) is 5.31. The third-order valence-corrected chi connectivity index (χ3v) is 5.31. The molecule has 2 aromatic rings. The quantitative estimate of drug-likeness (QED) is 0.697. The number of methoxy groups -OCH3 is 1. The van der Waals surface area contributed by atoms with Crippen LogP contribution in [0.1, 0.15) is 47.3 Å². The highest BCUT2D eigenvalue weighted by molar-refractivity contribution is 5.98. The number of ketones is 1. The highest BCUT2D eigenvalue weighted by Gasteiger charge is 2.29. The van der Waals surface area contributed by atoms with Crippen molar-refractivity contribution < 1.29 is 14.3 Å². The summed E-state index contributed by atoms with van der Waals surface area (Å²) in [5.41, 5.74) is 2.87. The molecule has 1 saturated heterocycles. The first-order valence-corrected chi connectivity index (χ1v) is 9.89. The van der Waals surface area contributed by atoms with Crippen LogP contribution in [-0.2, 0) is 11.2 Å². The van der Waals surface area contributed by atoms with Gasteiger partial charge in [0.15, 0.2) is 5.78 Å². The fourth-order valence-corrected chi connectivity index (χ4v) is 3.66. The number of ether oxygens (including phenoxy) is 1. The van der Waals surface area contributed by atoms with Crippen LogP contribution >= 0.6 is 12.4 Å². The van der Waals surface area contributed by atoms with E-state index in [1.54, 1.807) is 7.11 Å². The molecule has 2 aromatic carbocycles. The van der Waals surface area contributed by atoms with Crippen molar-refractivity contribution in [1.82, 2.24) is 10.2 Å². The van der Waals surface area contributed by atoms with Gasteiger partial charge in [-0.3, -0.25) is 9.59 Å². The third kappa shape index (κ3) is 5.58. The van der Waals surface area contributed by atoms with Gasteiger partial charge in [0.25, 0.3) is 0 Å². The summed E-state index contributed by atoms with van der Waals surface area (Å²) in [7, 11) is 1.64. The molecule has 1 aliphatic rings. The number of carbonyl (C=O) groups is 2. The van der Waals surface area contributed by atoms with Gasteiger partial charge >= 0.3 is 0 Å². The first-order chi connectivity index (χ1) is 13.6. The number of piperazine rings is 1. The Hall–Kier alpha value is -2.37. The molecule has 29 heavy (non-hydrogen) atoms. The van der Waals surface area contributed by atoms with Crippen molar-refractivity contribution in [3.63, 3.8) is 0 Å². The van der Waals surface area contributed by atoms with Gasteiger partial charge in [-0.2, -0.15) is 0 Å². The second kappa shape index (κ2) is 11.0. The molecule has 3 rings (SSSR count). The second-order valence-corrected chi connectivity index (χ2v) is 7.02. The lowest BCUT2D eigenvalue weighted by atomic mass is 10.00. The maximum absolute atomic E-state index is 12.9. The molecule has 0 aliphatic carbocycles. The van der Waals surface area contributed by atoms with E-state index in [1.165, 1.54) is 5.56 Å². The summed E-state index contributed by atoms with van der Waals surface area (Å²) < 4.78 is 5.48. The predicted octanol–water partition coefficient (Wildman–Crippen LogP) is 3.82. The number of Topliss-reactive ketones (excluding diaryl/α,β-unsaturated/α-hetero) is 1. The van der Waals surface area contributed by atoms with Crippen LogP contribution < -0.4 is 10.1 Å². The summed E-state index contributed by atoms with van der Waals surface area (Å²) in [6.45, 7) is 4.14. The maximum atomic E-state index is 12.9. The van der Waals surface area contributed by atoms with Gasteiger partial charge in [-0.25, -0.2) is 0 Å². The number of nitrogens with one attached hydrogen (secondary N) is 1. The Morgan fingerprint density at radius 3 is 2.52 bits per heavy atom. The molecule has 1 atom stereocenters.